The van der Waals surface area contributed by atoms with Crippen molar-refractivity contribution in [3.05, 3.63) is 34.7 Å². The van der Waals surface area contributed by atoms with Gasteiger partial charge in [0, 0.05) is 31.0 Å². The van der Waals surface area contributed by atoms with Gasteiger partial charge in [0.25, 0.3) is 0 Å². The maximum absolute atomic E-state index is 12.1. The van der Waals surface area contributed by atoms with Crippen LogP contribution in [0.25, 0.3) is 11.3 Å². The molecule has 27 heavy (non-hydrogen) atoms. The van der Waals surface area contributed by atoms with Gasteiger partial charge in [-0.2, -0.15) is 0 Å². The van der Waals surface area contributed by atoms with E-state index in [1.54, 1.807) is 7.05 Å². The summed E-state index contributed by atoms with van der Waals surface area (Å²) in [4.78, 5) is 42.6. The summed E-state index contributed by atoms with van der Waals surface area (Å²) in [6.07, 6.45) is 0.645. The number of amides is 4. The van der Waals surface area contributed by atoms with Gasteiger partial charge >= 0.3 is 6.03 Å². The molecule has 0 atom stereocenters. The monoisotopic (exact) mass is 386 g/mol. The van der Waals surface area contributed by atoms with E-state index in [0.717, 1.165) is 11.3 Å². The van der Waals surface area contributed by atoms with Crippen LogP contribution in [0.1, 0.15) is 24.0 Å². The Kier molecular flexibility index (Phi) is 5.55. The summed E-state index contributed by atoms with van der Waals surface area (Å²) < 4.78 is 0. The standard InChI is InChI=1S/C19H22N4O3S/c1-12-6-7-14(9-13(12)2)15-11-27-18(20-15)21-16(24)5-4-8-23-17(25)10-22(3)19(23)26/h6-7,9,11H,4-5,8,10H2,1-3H3,(H,20,21,24). The van der Waals surface area contributed by atoms with Crippen LogP contribution in [0.4, 0.5) is 9.93 Å². The van der Waals surface area contributed by atoms with E-state index in [0.29, 0.717) is 11.6 Å². The first kappa shape index (κ1) is 19.0. The fourth-order valence-electron chi connectivity index (χ4n) is 2.83. The summed E-state index contributed by atoms with van der Waals surface area (Å²) in [5, 5.41) is 5.24. The maximum Gasteiger partial charge on any atom is 0.326 e. The van der Waals surface area contributed by atoms with Crippen molar-refractivity contribution in [2.45, 2.75) is 26.7 Å². The van der Waals surface area contributed by atoms with Crippen LogP contribution in [0.5, 0.6) is 0 Å². The molecule has 1 aromatic heterocycles. The minimum Gasteiger partial charge on any atom is -0.318 e. The Morgan fingerprint density at radius 3 is 2.70 bits per heavy atom. The molecule has 1 saturated heterocycles. The zero-order valence-corrected chi connectivity index (χ0v) is 16.4. The molecule has 1 fully saturated rings. The number of nitrogens with zero attached hydrogens (tertiary/aromatic N) is 3. The fourth-order valence-corrected chi connectivity index (χ4v) is 3.57. The number of aromatic nitrogens is 1. The number of anilines is 1. The number of carbonyl (C=O) groups is 3. The van der Waals surface area contributed by atoms with Crippen molar-refractivity contribution in [2.75, 3.05) is 25.5 Å². The number of urea groups is 1. The highest BCUT2D eigenvalue weighted by Crippen LogP contribution is 2.26. The van der Waals surface area contributed by atoms with Crippen molar-refractivity contribution in [1.29, 1.82) is 0 Å². The third kappa shape index (κ3) is 4.33. The summed E-state index contributed by atoms with van der Waals surface area (Å²) in [5.74, 6) is -0.399. The van der Waals surface area contributed by atoms with Crippen molar-refractivity contribution in [1.82, 2.24) is 14.8 Å². The lowest BCUT2D eigenvalue weighted by molar-refractivity contribution is -0.125. The van der Waals surface area contributed by atoms with E-state index in [1.165, 1.54) is 32.3 Å². The molecule has 1 N–H and O–H groups in total. The molecule has 0 unspecified atom stereocenters. The van der Waals surface area contributed by atoms with Gasteiger partial charge in [0.05, 0.1) is 5.69 Å². The molecule has 8 heteroatoms. The highest BCUT2D eigenvalue weighted by atomic mass is 32.1. The van der Waals surface area contributed by atoms with E-state index in [-0.39, 0.29) is 37.4 Å². The van der Waals surface area contributed by atoms with Gasteiger partial charge in [0.2, 0.25) is 11.8 Å². The number of thiazole rings is 1. The molecule has 0 spiro atoms. The minimum absolute atomic E-state index is 0.103. The molecule has 1 aliphatic heterocycles. The predicted molar refractivity (Wildman–Crippen MR) is 105 cm³/mol. The molecular weight excluding hydrogens is 364 g/mol. The van der Waals surface area contributed by atoms with Crippen molar-refractivity contribution < 1.29 is 14.4 Å². The summed E-state index contributed by atoms with van der Waals surface area (Å²) in [7, 11) is 1.59. The zero-order valence-electron chi connectivity index (χ0n) is 15.6. The van der Waals surface area contributed by atoms with Crippen LogP contribution in [-0.2, 0) is 9.59 Å². The van der Waals surface area contributed by atoms with Gasteiger partial charge in [-0.05, 0) is 37.5 Å². The van der Waals surface area contributed by atoms with E-state index in [1.807, 2.05) is 11.4 Å². The highest BCUT2D eigenvalue weighted by Gasteiger charge is 2.32. The molecule has 142 valence electrons. The van der Waals surface area contributed by atoms with Crippen LogP contribution in [0.15, 0.2) is 23.6 Å². The van der Waals surface area contributed by atoms with Gasteiger partial charge in [-0.1, -0.05) is 12.1 Å². The van der Waals surface area contributed by atoms with Crippen LogP contribution in [0.3, 0.4) is 0 Å². The number of hydrogen-bond donors (Lipinski definition) is 1. The Morgan fingerprint density at radius 1 is 1.26 bits per heavy atom. The largest absolute Gasteiger partial charge is 0.326 e. The number of nitrogens with one attached hydrogen (secondary N) is 1. The molecule has 0 radical (unpaired) electrons. The molecule has 0 saturated carbocycles. The quantitative estimate of drug-likeness (QED) is 0.774. The Morgan fingerprint density at radius 2 is 2.04 bits per heavy atom. The van der Waals surface area contributed by atoms with E-state index < -0.39 is 0 Å². The summed E-state index contributed by atoms with van der Waals surface area (Å²) in [6, 6.07) is 5.85. The van der Waals surface area contributed by atoms with Gasteiger partial charge < -0.3 is 10.2 Å². The lowest BCUT2D eigenvalue weighted by Gasteiger charge is -2.13. The number of likely N-dealkylation sites (N-methyl/N-ethyl adjacent to an activating group) is 1. The third-order valence-electron chi connectivity index (χ3n) is 4.57. The topological polar surface area (TPSA) is 82.6 Å². The van der Waals surface area contributed by atoms with Gasteiger partial charge in [-0.25, -0.2) is 9.78 Å². The second kappa shape index (κ2) is 7.87. The summed E-state index contributed by atoms with van der Waals surface area (Å²) >= 11 is 1.37. The minimum atomic E-state index is -0.307. The molecule has 1 aliphatic rings. The number of rotatable bonds is 6. The Labute approximate surface area is 162 Å². The highest BCUT2D eigenvalue weighted by molar-refractivity contribution is 7.14. The number of carbonyl (C=O) groups excluding carboxylic acids is 3. The van der Waals surface area contributed by atoms with E-state index >= 15 is 0 Å². The average Bonchev–Trinajstić information content (AvgIpc) is 3.17. The van der Waals surface area contributed by atoms with Gasteiger partial charge in [-0.3, -0.25) is 14.5 Å². The van der Waals surface area contributed by atoms with E-state index in [9.17, 15) is 14.4 Å². The van der Waals surface area contributed by atoms with E-state index in [4.69, 9.17) is 0 Å². The molecule has 2 aromatic rings. The zero-order chi connectivity index (χ0) is 19.6. The van der Waals surface area contributed by atoms with Gasteiger partial charge in [0.15, 0.2) is 5.13 Å². The molecule has 4 amide bonds. The third-order valence-corrected chi connectivity index (χ3v) is 5.33. The number of benzene rings is 1. The second-order valence-electron chi connectivity index (χ2n) is 6.67. The van der Waals surface area contributed by atoms with Crippen molar-refractivity contribution in [2.24, 2.45) is 0 Å². The van der Waals surface area contributed by atoms with Crippen molar-refractivity contribution in [3.8, 4) is 11.3 Å². The van der Waals surface area contributed by atoms with Crippen LogP contribution >= 0.6 is 11.3 Å². The molecule has 7 nitrogen and oxygen atoms in total. The number of imide groups is 1. The van der Waals surface area contributed by atoms with Crippen molar-refractivity contribution >= 4 is 34.3 Å². The molecule has 3 rings (SSSR count). The first-order valence-electron chi connectivity index (χ1n) is 8.73. The lowest BCUT2D eigenvalue weighted by atomic mass is 10.1. The second-order valence-corrected chi connectivity index (χ2v) is 7.53. The average molecular weight is 386 g/mol. The summed E-state index contributed by atoms with van der Waals surface area (Å²) in [5.41, 5.74) is 4.27. The van der Waals surface area contributed by atoms with Gasteiger partial charge in [-0.15, -0.1) is 11.3 Å². The predicted octanol–water partition coefficient (Wildman–Crippen LogP) is 3.04. The Bertz CT molecular complexity index is 893. The normalized spacial score (nSPS) is 14.2. The van der Waals surface area contributed by atoms with Crippen LogP contribution in [0, 0.1) is 13.8 Å². The number of aryl methyl sites for hydroxylation is 2. The van der Waals surface area contributed by atoms with Crippen LogP contribution < -0.4 is 5.32 Å². The molecule has 0 aliphatic carbocycles. The van der Waals surface area contributed by atoms with E-state index in [2.05, 4.69) is 36.3 Å². The molecule has 2 heterocycles. The maximum atomic E-state index is 12.1. The lowest BCUT2D eigenvalue weighted by Crippen LogP contribution is -2.32. The first-order valence-corrected chi connectivity index (χ1v) is 9.61. The summed E-state index contributed by atoms with van der Waals surface area (Å²) in [6.45, 7) is 4.47. The molecule has 0 bridgehead atoms. The smallest absolute Gasteiger partial charge is 0.318 e. The first-order chi connectivity index (χ1) is 12.8. The number of hydrogen-bond acceptors (Lipinski definition) is 5. The Balaban J connectivity index is 1.51. The molecule has 1 aromatic carbocycles. The van der Waals surface area contributed by atoms with Crippen LogP contribution in [0.2, 0.25) is 0 Å². The van der Waals surface area contributed by atoms with Crippen molar-refractivity contribution in [3.63, 3.8) is 0 Å². The van der Waals surface area contributed by atoms with Crippen LogP contribution in [-0.4, -0.2) is 52.8 Å². The van der Waals surface area contributed by atoms with Gasteiger partial charge in [0.1, 0.15) is 6.54 Å². The fraction of sp³-hybridized carbons (Fsp3) is 0.368. The Hall–Kier alpha value is -2.74. The SMILES string of the molecule is Cc1ccc(-c2csc(NC(=O)CCCN3C(=O)CN(C)C3=O)n2)cc1C. The molecular formula is C19H22N4O3S.